The molecule has 0 fully saturated rings. The Balaban J connectivity index is 2.67. The number of carbonyl (C=O) groups is 1. The molecule has 0 amide bonds. The van der Waals surface area contributed by atoms with Gasteiger partial charge in [0.15, 0.2) is 0 Å². The number of halogens is 1. The Hall–Kier alpha value is -2.17. The van der Waals surface area contributed by atoms with Gasteiger partial charge in [-0.1, -0.05) is 27.2 Å². The second-order valence-corrected chi connectivity index (χ2v) is 5.31. The minimum Gasteiger partial charge on any atom is -0.478 e. The lowest BCUT2D eigenvalue weighted by Gasteiger charge is -2.11. The Kier molecular flexibility index (Phi) is 4.40. The number of aromatic nitrogens is 2. The lowest BCUT2D eigenvalue weighted by atomic mass is 10.0. The summed E-state index contributed by atoms with van der Waals surface area (Å²) < 4.78 is 14.7. The van der Waals surface area contributed by atoms with Crippen molar-refractivity contribution in [1.29, 1.82) is 0 Å². The topological polar surface area (TPSA) is 55.1 Å². The normalized spacial score (nSPS) is 11.1. The zero-order chi connectivity index (χ0) is 15.6. The third-order valence-electron chi connectivity index (χ3n) is 3.31. The molecule has 0 radical (unpaired) electrons. The number of benzene rings is 1. The number of aryl methyl sites for hydroxylation is 1. The molecule has 5 heteroatoms. The third-order valence-corrected chi connectivity index (χ3v) is 3.31. The van der Waals surface area contributed by atoms with Crippen molar-refractivity contribution >= 4 is 5.97 Å². The fourth-order valence-electron chi connectivity index (χ4n) is 2.44. The first-order chi connectivity index (χ1) is 9.95. The van der Waals surface area contributed by atoms with Gasteiger partial charge >= 0.3 is 5.97 Å². The Morgan fingerprint density at radius 1 is 1.33 bits per heavy atom. The van der Waals surface area contributed by atoms with Gasteiger partial charge in [0.2, 0.25) is 0 Å². The number of hydrogen-bond acceptors (Lipinski definition) is 2. The summed E-state index contributed by atoms with van der Waals surface area (Å²) in [5.41, 5.74) is 2.18. The van der Waals surface area contributed by atoms with Crippen molar-refractivity contribution in [2.75, 3.05) is 0 Å². The van der Waals surface area contributed by atoms with E-state index in [9.17, 15) is 14.3 Å². The number of carboxylic acids is 1. The summed E-state index contributed by atoms with van der Waals surface area (Å²) in [7, 11) is 0. The maximum Gasteiger partial charge on any atom is 0.339 e. The SMILES string of the molecule is CCCc1nn(-c2ccc(F)cc2)c(C(C)C)c1C(=O)O. The summed E-state index contributed by atoms with van der Waals surface area (Å²) in [6, 6.07) is 5.91. The van der Waals surface area contributed by atoms with Crippen LogP contribution in [0.25, 0.3) is 5.69 Å². The standard InChI is InChI=1S/C16H19FN2O2/c1-4-5-13-14(16(20)21)15(10(2)3)19(18-13)12-8-6-11(17)7-9-12/h6-10H,4-5H2,1-3H3,(H,20,21). The summed E-state index contributed by atoms with van der Waals surface area (Å²) >= 11 is 0. The molecule has 112 valence electrons. The molecule has 0 aliphatic rings. The summed E-state index contributed by atoms with van der Waals surface area (Å²) in [6.45, 7) is 5.84. The molecule has 1 N–H and O–H groups in total. The number of rotatable bonds is 5. The van der Waals surface area contributed by atoms with Gasteiger partial charge in [-0.25, -0.2) is 13.9 Å². The molecule has 0 bridgehead atoms. The molecule has 1 aromatic carbocycles. The van der Waals surface area contributed by atoms with Gasteiger partial charge in [-0.15, -0.1) is 0 Å². The molecule has 1 aromatic heterocycles. The quantitative estimate of drug-likeness (QED) is 0.911. The van der Waals surface area contributed by atoms with Crippen molar-refractivity contribution in [3.8, 4) is 5.69 Å². The highest BCUT2D eigenvalue weighted by atomic mass is 19.1. The van der Waals surface area contributed by atoms with E-state index in [2.05, 4.69) is 5.10 Å². The molecule has 0 spiro atoms. The van der Waals surface area contributed by atoms with E-state index in [0.717, 1.165) is 6.42 Å². The summed E-state index contributed by atoms with van der Waals surface area (Å²) in [5.74, 6) is -1.29. The van der Waals surface area contributed by atoms with Crippen molar-refractivity contribution in [2.24, 2.45) is 0 Å². The third kappa shape index (κ3) is 2.96. The van der Waals surface area contributed by atoms with Gasteiger partial charge in [-0.2, -0.15) is 5.10 Å². The second-order valence-electron chi connectivity index (χ2n) is 5.31. The first kappa shape index (κ1) is 15.2. The van der Waals surface area contributed by atoms with Crippen LogP contribution < -0.4 is 0 Å². The Labute approximate surface area is 123 Å². The molecular formula is C16H19FN2O2. The Bertz CT molecular complexity index is 645. The van der Waals surface area contributed by atoms with Crippen molar-refractivity contribution < 1.29 is 14.3 Å². The number of carboxylic acid groups (broad SMARTS) is 1. The van der Waals surface area contributed by atoms with Crippen LogP contribution in [0.5, 0.6) is 0 Å². The lowest BCUT2D eigenvalue weighted by Crippen LogP contribution is -2.08. The van der Waals surface area contributed by atoms with E-state index in [-0.39, 0.29) is 17.3 Å². The van der Waals surface area contributed by atoms with Crippen LogP contribution in [0.2, 0.25) is 0 Å². The zero-order valence-electron chi connectivity index (χ0n) is 12.4. The van der Waals surface area contributed by atoms with Crippen LogP contribution in [0.15, 0.2) is 24.3 Å². The van der Waals surface area contributed by atoms with Crippen LogP contribution >= 0.6 is 0 Å². The van der Waals surface area contributed by atoms with Gasteiger partial charge in [-0.05, 0) is 36.6 Å². The molecule has 21 heavy (non-hydrogen) atoms. The average Bonchev–Trinajstić information content (AvgIpc) is 2.79. The van der Waals surface area contributed by atoms with Gasteiger partial charge in [0.25, 0.3) is 0 Å². The van der Waals surface area contributed by atoms with Crippen LogP contribution in [-0.2, 0) is 6.42 Å². The van der Waals surface area contributed by atoms with Gasteiger partial charge in [-0.3, -0.25) is 0 Å². The van der Waals surface area contributed by atoms with Crippen LogP contribution in [0.3, 0.4) is 0 Å². The minimum absolute atomic E-state index is 0.000686. The van der Waals surface area contributed by atoms with Gasteiger partial charge in [0.05, 0.1) is 17.1 Å². The van der Waals surface area contributed by atoms with Crippen molar-refractivity contribution in [3.63, 3.8) is 0 Å². The van der Waals surface area contributed by atoms with Crippen molar-refractivity contribution in [2.45, 2.75) is 39.5 Å². The molecule has 0 unspecified atom stereocenters. The van der Waals surface area contributed by atoms with Gasteiger partial charge in [0, 0.05) is 0 Å². The van der Waals surface area contributed by atoms with Crippen molar-refractivity contribution in [1.82, 2.24) is 9.78 Å². The van der Waals surface area contributed by atoms with Gasteiger partial charge < -0.3 is 5.11 Å². The van der Waals surface area contributed by atoms with Crippen LogP contribution in [0.4, 0.5) is 4.39 Å². The lowest BCUT2D eigenvalue weighted by molar-refractivity contribution is 0.0694. The monoisotopic (exact) mass is 290 g/mol. The Morgan fingerprint density at radius 3 is 2.43 bits per heavy atom. The van der Waals surface area contributed by atoms with Crippen LogP contribution in [0, 0.1) is 5.82 Å². The van der Waals surface area contributed by atoms with E-state index in [1.165, 1.54) is 12.1 Å². The van der Waals surface area contributed by atoms with E-state index in [1.807, 2.05) is 20.8 Å². The summed E-state index contributed by atoms with van der Waals surface area (Å²) in [4.78, 5) is 11.6. The van der Waals surface area contributed by atoms with E-state index < -0.39 is 5.97 Å². The average molecular weight is 290 g/mol. The highest BCUT2D eigenvalue weighted by Gasteiger charge is 2.25. The second kappa shape index (κ2) is 6.08. The molecule has 0 saturated carbocycles. The molecule has 4 nitrogen and oxygen atoms in total. The smallest absolute Gasteiger partial charge is 0.339 e. The van der Waals surface area contributed by atoms with Crippen LogP contribution in [0.1, 0.15) is 54.9 Å². The highest BCUT2D eigenvalue weighted by molar-refractivity contribution is 5.90. The molecular weight excluding hydrogens is 271 g/mol. The van der Waals surface area contributed by atoms with Crippen molar-refractivity contribution in [3.05, 3.63) is 47.0 Å². The first-order valence-electron chi connectivity index (χ1n) is 7.06. The Morgan fingerprint density at radius 2 is 1.95 bits per heavy atom. The molecule has 0 saturated heterocycles. The molecule has 2 aromatic rings. The maximum atomic E-state index is 13.1. The molecule has 2 rings (SSSR count). The molecule has 1 heterocycles. The van der Waals surface area contributed by atoms with E-state index in [1.54, 1.807) is 16.8 Å². The zero-order valence-corrected chi connectivity index (χ0v) is 12.4. The number of aromatic carboxylic acids is 1. The number of nitrogens with zero attached hydrogens (tertiary/aromatic N) is 2. The van der Waals surface area contributed by atoms with E-state index in [0.29, 0.717) is 23.5 Å². The van der Waals surface area contributed by atoms with Gasteiger partial charge in [0.1, 0.15) is 11.4 Å². The summed E-state index contributed by atoms with van der Waals surface area (Å²) in [5, 5.41) is 14.0. The van der Waals surface area contributed by atoms with E-state index in [4.69, 9.17) is 0 Å². The van der Waals surface area contributed by atoms with Crippen LogP contribution in [-0.4, -0.2) is 20.9 Å². The molecule has 0 atom stereocenters. The predicted molar refractivity (Wildman–Crippen MR) is 78.6 cm³/mol. The van der Waals surface area contributed by atoms with E-state index >= 15 is 0 Å². The fraction of sp³-hybridized carbons (Fsp3) is 0.375. The highest BCUT2D eigenvalue weighted by Crippen LogP contribution is 2.27. The maximum absolute atomic E-state index is 13.1. The summed E-state index contributed by atoms with van der Waals surface area (Å²) in [6.07, 6.45) is 1.42. The largest absolute Gasteiger partial charge is 0.478 e. The molecule has 0 aliphatic carbocycles. The number of hydrogen-bond donors (Lipinski definition) is 1. The first-order valence-corrected chi connectivity index (χ1v) is 7.06. The fourth-order valence-corrected chi connectivity index (χ4v) is 2.44. The minimum atomic E-state index is -0.962. The predicted octanol–water partition coefficient (Wildman–Crippen LogP) is 3.79. The molecule has 0 aliphatic heterocycles.